The molecule has 3 aromatic rings. The second-order valence-electron chi connectivity index (χ2n) is 6.07. The lowest BCUT2D eigenvalue weighted by Crippen LogP contribution is -2.27. The van der Waals surface area contributed by atoms with Crippen LogP contribution >= 0.6 is 12.2 Å². The maximum atomic E-state index is 12.3. The molecule has 1 aromatic heterocycles. The summed E-state index contributed by atoms with van der Waals surface area (Å²) >= 11 is 5.28. The molecular weight excluding hydrogens is 332 g/mol. The molecule has 0 aliphatic carbocycles. The summed E-state index contributed by atoms with van der Waals surface area (Å²) in [4.78, 5) is 12.3. The number of hydrogen-bond donors (Lipinski definition) is 2. The molecule has 1 amide bonds. The molecule has 0 saturated heterocycles. The number of benzene rings is 2. The molecule has 2 aromatic carbocycles. The standard InChI is InChI=1S/C19H20N4OS/c1-13-6-8-16(9-7-13)18-21-22-19(25)23(18)12-17(24)20-11-15-5-3-4-14(2)10-15/h3-10H,11-12H2,1-2H3,(H,20,24)(H,22,25). The average molecular weight is 352 g/mol. The molecule has 0 fully saturated rings. The number of aryl methyl sites for hydroxylation is 2. The number of H-pyrrole nitrogens is 1. The van der Waals surface area contributed by atoms with Crippen molar-refractivity contribution in [2.45, 2.75) is 26.9 Å². The fraction of sp³-hybridized carbons (Fsp3) is 0.211. The molecule has 0 saturated carbocycles. The van der Waals surface area contributed by atoms with Crippen LogP contribution in [0.1, 0.15) is 16.7 Å². The molecule has 0 spiro atoms. The van der Waals surface area contributed by atoms with Crippen molar-refractivity contribution in [1.29, 1.82) is 0 Å². The third-order valence-corrected chi connectivity index (χ3v) is 4.25. The number of aromatic amines is 1. The average Bonchev–Trinajstić information content (AvgIpc) is 2.95. The van der Waals surface area contributed by atoms with Crippen LogP contribution in [0.15, 0.2) is 48.5 Å². The summed E-state index contributed by atoms with van der Waals surface area (Å²) in [5, 5.41) is 9.97. The summed E-state index contributed by atoms with van der Waals surface area (Å²) < 4.78 is 2.15. The largest absolute Gasteiger partial charge is 0.350 e. The van der Waals surface area contributed by atoms with Crippen molar-refractivity contribution in [2.24, 2.45) is 0 Å². The number of amides is 1. The van der Waals surface area contributed by atoms with Gasteiger partial charge in [0.05, 0.1) is 0 Å². The minimum atomic E-state index is -0.104. The van der Waals surface area contributed by atoms with Crippen LogP contribution in [0.3, 0.4) is 0 Å². The molecule has 3 rings (SSSR count). The van der Waals surface area contributed by atoms with E-state index < -0.39 is 0 Å². The lowest BCUT2D eigenvalue weighted by molar-refractivity contribution is -0.121. The Morgan fingerprint density at radius 1 is 1.16 bits per heavy atom. The minimum Gasteiger partial charge on any atom is -0.350 e. The van der Waals surface area contributed by atoms with Gasteiger partial charge in [-0.15, -0.1) is 0 Å². The van der Waals surface area contributed by atoms with Crippen LogP contribution in [0.4, 0.5) is 0 Å². The number of carbonyl (C=O) groups excluding carboxylic acids is 1. The zero-order chi connectivity index (χ0) is 17.8. The van der Waals surface area contributed by atoms with Crippen molar-refractivity contribution in [3.05, 3.63) is 70.0 Å². The van der Waals surface area contributed by atoms with E-state index in [0.717, 1.165) is 11.1 Å². The Bertz CT molecular complexity index is 941. The molecule has 0 aliphatic heterocycles. The Balaban J connectivity index is 1.72. The number of nitrogens with zero attached hydrogens (tertiary/aromatic N) is 2. The number of nitrogens with one attached hydrogen (secondary N) is 2. The SMILES string of the molecule is Cc1ccc(-c2n[nH]c(=S)n2CC(=O)NCc2cccc(C)c2)cc1. The van der Waals surface area contributed by atoms with Gasteiger partial charge in [0.25, 0.3) is 0 Å². The fourth-order valence-corrected chi connectivity index (χ4v) is 2.81. The molecule has 0 aliphatic rings. The number of rotatable bonds is 5. The van der Waals surface area contributed by atoms with E-state index >= 15 is 0 Å². The second-order valence-corrected chi connectivity index (χ2v) is 6.46. The normalized spacial score (nSPS) is 10.6. The summed E-state index contributed by atoms with van der Waals surface area (Å²) in [6.45, 7) is 4.68. The van der Waals surface area contributed by atoms with Crippen LogP contribution in [0.2, 0.25) is 0 Å². The Morgan fingerprint density at radius 2 is 1.92 bits per heavy atom. The quantitative estimate of drug-likeness (QED) is 0.691. The zero-order valence-electron chi connectivity index (χ0n) is 14.2. The lowest BCUT2D eigenvalue weighted by Gasteiger charge is -2.09. The monoisotopic (exact) mass is 352 g/mol. The highest BCUT2D eigenvalue weighted by Gasteiger charge is 2.12. The first-order valence-electron chi connectivity index (χ1n) is 8.07. The summed E-state index contributed by atoms with van der Waals surface area (Å²) in [5.41, 5.74) is 4.33. The summed E-state index contributed by atoms with van der Waals surface area (Å²) in [6.07, 6.45) is 0. The third kappa shape index (κ3) is 4.22. The van der Waals surface area contributed by atoms with Crippen LogP contribution in [-0.2, 0) is 17.9 Å². The highest BCUT2D eigenvalue weighted by molar-refractivity contribution is 7.71. The van der Waals surface area contributed by atoms with E-state index in [0.29, 0.717) is 17.1 Å². The second kappa shape index (κ2) is 7.44. The van der Waals surface area contributed by atoms with Gasteiger partial charge >= 0.3 is 0 Å². The molecule has 2 N–H and O–H groups in total. The Morgan fingerprint density at radius 3 is 2.64 bits per heavy atom. The van der Waals surface area contributed by atoms with E-state index in [1.165, 1.54) is 11.1 Å². The molecule has 0 bridgehead atoms. The van der Waals surface area contributed by atoms with E-state index in [2.05, 4.69) is 21.6 Å². The van der Waals surface area contributed by atoms with E-state index in [1.54, 1.807) is 4.57 Å². The number of hydrogen-bond acceptors (Lipinski definition) is 3. The lowest BCUT2D eigenvalue weighted by atomic mass is 10.1. The van der Waals surface area contributed by atoms with Gasteiger partial charge < -0.3 is 5.32 Å². The van der Waals surface area contributed by atoms with E-state index in [9.17, 15) is 4.79 Å². The van der Waals surface area contributed by atoms with Crippen molar-refractivity contribution in [1.82, 2.24) is 20.1 Å². The van der Waals surface area contributed by atoms with Gasteiger partial charge in [-0.2, -0.15) is 5.10 Å². The third-order valence-electron chi connectivity index (χ3n) is 3.94. The van der Waals surface area contributed by atoms with Gasteiger partial charge in [0, 0.05) is 12.1 Å². The molecule has 0 radical (unpaired) electrons. The van der Waals surface area contributed by atoms with Gasteiger partial charge in [0.15, 0.2) is 10.6 Å². The summed E-state index contributed by atoms with van der Waals surface area (Å²) in [5.74, 6) is 0.558. The van der Waals surface area contributed by atoms with Crippen molar-refractivity contribution in [2.75, 3.05) is 0 Å². The van der Waals surface area contributed by atoms with Crippen LogP contribution < -0.4 is 5.32 Å². The maximum absolute atomic E-state index is 12.3. The molecule has 0 atom stereocenters. The van der Waals surface area contributed by atoms with Gasteiger partial charge in [-0.05, 0) is 31.6 Å². The Hall–Kier alpha value is -2.73. The first-order chi connectivity index (χ1) is 12.0. The van der Waals surface area contributed by atoms with Crippen molar-refractivity contribution >= 4 is 18.1 Å². The van der Waals surface area contributed by atoms with Crippen LogP contribution in [0.5, 0.6) is 0 Å². The van der Waals surface area contributed by atoms with Gasteiger partial charge in [-0.1, -0.05) is 59.7 Å². The Labute approximate surface area is 151 Å². The number of aromatic nitrogens is 3. The maximum Gasteiger partial charge on any atom is 0.240 e. The molecule has 6 heteroatoms. The van der Waals surface area contributed by atoms with Crippen molar-refractivity contribution < 1.29 is 4.79 Å². The minimum absolute atomic E-state index is 0.104. The van der Waals surface area contributed by atoms with Crippen LogP contribution in [0, 0.1) is 18.6 Å². The number of carbonyl (C=O) groups is 1. The fourth-order valence-electron chi connectivity index (χ4n) is 2.61. The summed E-state index contributed by atoms with van der Waals surface area (Å²) in [6, 6.07) is 16.0. The van der Waals surface area contributed by atoms with Gasteiger partial charge in [-0.3, -0.25) is 14.5 Å². The van der Waals surface area contributed by atoms with Gasteiger partial charge in [-0.25, -0.2) is 0 Å². The van der Waals surface area contributed by atoms with E-state index in [4.69, 9.17) is 12.2 Å². The molecule has 5 nitrogen and oxygen atoms in total. The molecule has 0 unspecified atom stereocenters. The van der Waals surface area contributed by atoms with Gasteiger partial charge in [0.1, 0.15) is 6.54 Å². The van der Waals surface area contributed by atoms with E-state index in [-0.39, 0.29) is 12.5 Å². The van der Waals surface area contributed by atoms with Crippen molar-refractivity contribution in [3.8, 4) is 11.4 Å². The highest BCUT2D eigenvalue weighted by Crippen LogP contribution is 2.17. The van der Waals surface area contributed by atoms with Crippen LogP contribution in [-0.4, -0.2) is 20.7 Å². The van der Waals surface area contributed by atoms with Crippen LogP contribution in [0.25, 0.3) is 11.4 Å². The first-order valence-corrected chi connectivity index (χ1v) is 8.48. The topological polar surface area (TPSA) is 62.7 Å². The molecular formula is C19H20N4OS. The molecule has 1 heterocycles. The van der Waals surface area contributed by atoms with Gasteiger partial charge in [0.2, 0.25) is 5.91 Å². The summed E-state index contributed by atoms with van der Waals surface area (Å²) in [7, 11) is 0. The predicted octanol–water partition coefficient (Wildman–Crippen LogP) is 3.54. The van der Waals surface area contributed by atoms with Crippen molar-refractivity contribution in [3.63, 3.8) is 0 Å². The molecule has 25 heavy (non-hydrogen) atoms. The zero-order valence-corrected chi connectivity index (χ0v) is 15.1. The molecule has 128 valence electrons. The first kappa shape index (κ1) is 17.1. The smallest absolute Gasteiger partial charge is 0.240 e. The highest BCUT2D eigenvalue weighted by atomic mass is 32.1. The van der Waals surface area contributed by atoms with E-state index in [1.807, 2.05) is 56.3 Å². The Kier molecular flexibility index (Phi) is 5.09. The predicted molar refractivity (Wildman–Crippen MR) is 101 cm³/mol.